The first-order valence-electron chi connectivity index (χ1n) is 8.42. The largest absolute Gasteiger partial charge is 0.378 e. The highest BCUT2D eigenvalue weighted by atomic mass is 16.5. The first-order valence-corrected chi connectivity index (χ1v) is 8.42. The highest BCUT2D eigenvalue weighted by Gasteiger charge is 2.20. The Hall–Kier alpha value is -2.70. The number of benzene rings is 2. The smallest absolute Gasteiger partial charge is 0.239 e. The third kappa shape index (κ3) is 3.55. The average Bonchev–Trinajstić information content (AvgIpc) is 3.11. The van der Waals surface area contributed by atoms with Crippen molar-refractivity contribution in [1.82, 2.24) is 20.6 Å². The molecular formula is C19H20N4O2. The van der Waals surface area contributed by atoms with Gasteiger partial charge in [0, 0.05) is 18.7 Å². The van der Waals surface area contributed by atoms with Crippen LogP contribution in [0.2, 0.25) is 0 Å². The predicted octanol–water partition coefficient (Wildman–Crippen LogP) is 1.83. The molecule has 0 spiro atoms. The van der Waals surface area contributed by atoms with Crippen LogP contribution in [0.25, 0.3) is 22.4 Å². The number of hydrogen-bond donors (Lipinski definition) is 3. The fourth-order valence-corrected chi connectivity index (χ4v) is 2.92. The van der Waals surface area contributed by atoms with E-state index in [1.54, 1.807) is 0 Å². The minimum atomic E-state index is -0.261. The maximum absolute atomic E-state index is 12.1. The molecule has 1 aliphatic rings. The Morgan fingerprint density at radius 2 is 2.04 bits per heavy atom. The number of aromatic nitrogens is 2. The maximum atomic E-state index is 12.1. The van der Waals surface area contributed by atoms with Gasteiger partial charge in [-0.2, -0.15) is 0 Å². The summed E-state index contributed by atoms with van der Waals surface area (Å²) in [4.78, 5) is 20.0. The molecule has 6 nitrogen and oxygen atoms in total. The van der Waals surface area contributed by atoms with E-state index in [1.807, 2.05) is 48.5 Å². The molecule has 128 valence electrons. The SMILES string of the molecule is O=C(NCc1ccc(-c2nc3ccccc3[nH]2)cc1)C1COCCN1. The van der Waals surface area contributed by atoms with Crippen molar-refractivity contribution in [2.75, 3.05) is 19.8 Å². The van der Waals surface area contributed by atoms with Gasteiger partial charge in [-0.15, -0.1) is 0 Å². The molecule has 25 heavy (non-hydrogen) atoms. The summed E-state index contributed by atoms with van der Waals surface area (Å²) in [7, 11) is 0. The standard InChI is InChI=1S/C19H20N4O2/c24-19(17-12-25-10-9-20-17)21-11-13-5-7-14(8-6-13)18-22-15-3-1-2-4-16(15)23-18/h1-8,17,20H,9-12H2,(H,21,24)(H,22,23). The molecule has 1 aliphatic heterocycles. The lowest BCUT2D eigenvalue weighted by atomic mass is 10.1. The van der Waals surface area contributed by atoms with Crippen molar-refractivity contribution >= 4 is 16.9 Å². The Balaban J connectivity index is 1.40. The predicted molar refractivity (Wildman–Crippen MR) is 96.0 cm³/mol. The Kier molecular flexibility index (Phi) is 4.45. The Bertz CT molecular complexity index is 834. The Morgan fingerprint density at radius 3 is 2.80 bits per heavy atom. The van der Waals surface area contributed by atoms with Crippen molar-refractivity contribution in [3.8, 4) is 11.4 Å². The molecule has 1 aromatic heterocycles. The molecule has 3 aromatic rings. The van der Waals surface area contributed by atoms with Crippen LogP contribution in [0.3, 0.4) is 0 Å². The van der Waals surface area contributed by atoms with Crippen molar-refractivity contribution < 1.29 is 9.53 Å². The normalized spacial score (nSPS) is 17.5. The summed E-state index contributed by atoms with van der Waals surface area (Å²) < 4.78 is 5.31. The zero-order valence-electron chi connectivity index (χ0n) is 13.8. The van der Waals surface area contributed by atoms with Crippen LogP contribution < -0.4 is 10.6 Å². The van der Waals surface area contributed by atoms with Gasteiger partial charge >= 0.3 is 0 Å². The van der Waals surface area contributed by atoms with E-state index in [-0.39, 0.29) is 11.9 Å². The molecule has 1 unspecified atom stereocenters. The summed E-state index contributed by atoms with van der Waals surface area (Å²) in [5.74, 6) is 0.821. The number of rotatable bonds is 4. The molecule has 0 saturated carbocycles. The van der Waals surface area contributed by atoms with E-state index in [2.05, 4.69) is 20.6 Å². The van der Waals surface area contributed by atoms with Crippen LogP contribution in [0.15, 0.2) is 48.5 Å². The molecule has 2 aromatic carbocycles. The lowest BCUT2D eigenvalue weighted by Crippen LogP contribution is -2.51. The highest BCUT2D eigenvalue weighted by Crippen LogP contribution is 2.20. The minimum Gasteiger partial charge on any atom is -0.378 e. The highest BCUT2D eigenvalue weighted by molar-refractivity contribution is 5.82. The van der Waals surface area contributed by atoms with Crippen molar-refractivity contribution in [3.05, 3.63) is 54.1 Å². The van der Waals surface area contributed by atoms with Crippen LogP contribution >= 0.6 is 0 Å². The molecule has 0 bridgehead atoms. The zero-order chi connectivity index (χ0) is 17.1. The van der Waals surface area contributed by atoms with E-state index in [1.165, 1.54) is 0 Å². The average molecular weight is 336 g/mol. The number of nitrogens with one attached hydrogen (secondary N) is 3. The van der Waals surface area contributed by atoms with E-state index in [0.717, 1.165) is 28.0 Å². The molecular weight excluding hydrogens is 316 g/mol. The topological polar surface area (TPSA) is 79.0 Å². The number of nitrogens with zero attached hydrogens (tertiary/aromatic N) is 1. The van der Waals surface area contributed by atoms with Crippen LogP contribution in [-0.4, -0.2) is 41.7 Å². The van der Waals surface area contributed by atoms with Gasteiger partial charge in [0.1, 0.15) is 11.9 Å². The zero-order valence-corrected chi connectivity index (χ0v) is 13.8. The lowest BCUT2D eigenvalue weighted by molar-refractivity contribution is -0.126. The van der Waals surface area contributed by atoms with Crippen molar-refractivity contribution in [2.45, 2.75) is 12.6 Å². The second-order valence-corrected chi connectivity index (χ2v) is 6.10. The summed E-state index contributed by atoms with van der Waals surface area (Å²) in [6, 6.07) is 15.8. The lowest BCUT2D eigenvalue weighted by Gasteiger charge is -2.22. The fraction of sp³-hybridized carbons (Fsp3) is 0.263. The Labute approximate surface area is 145 Å². The number of morpholine rings is 1. The van der Waals surface area contributed by atoms with E-state index in [9.17, 15) is 4.79 Å². The van der Waals surface area contributed by atoms with Gasteiger partial charge in [0.25, 0.3) is 0 Å². The van der Waals surface area contributed by atoms with Crippen LogP contribution in [0.4, 0.5) is 0 Å². The number of aromatic amines is 1. The number of carbonyl (C=O) groups excluding carboxylic acids is 1. The number of para-hydroxylation sites is 2. The second kappa shape index (κ2) is 7.04. The number of imidazole rings is 1. The molecule has 0 radical (unpaired) electrons. The molecule has 6 heteroatoms. The summed E-state index contributed by atoms with van der Waals surface area (Å²) in [6.45, 7) is 2.30. The van der Waals surface area contributed by atoms with Gasteiger partial charge in [-0.3, -0.25) is 4.79 Å². The first-order chi connectivity index (χ1) is 12.3. The molecule has 1 saturated heterocycles. The van der Waals surface area contributed by atoms with Crippen LogP contribution in [0.5, 0.6) is 0 Å². The van der Waals surface area contributed by atoms with Gasteiger partial charge in [-0.1, -0.05) is 36.4 Å². The quantitative estimate of drug-likeness (QED) is 0.679. The number of ether oxygens (including phenoxy) is 1. The van der Waals surface area contributed by atoms with Crippen molar-refractivity contribution in [2.24, 2.45) is 0 Å². The number of H-pyrrole nitrogens is 1. The summed E-state index contributed by atoms with van der Waals surface area (Å²) in [5.41, 5.74) is 4.05. The van der Waals surface area contributed by atoms with E-state index < -0.39 is 0 Å². The Morgan fingerprint density at radius 1 is 1.20 bits per heavy atom. The van der Waals surface area contributed by atoms with E-state index >= 15 is 0 Å². The monoisotopic (exact) mass is 336 g/mol. The minimum absolute atomic E-state index is 0.0268. The van der Waals surface area contributed by atoms with Gasteiger partial charge in [0.05, 0.1) is 24.2 Å². The molecule has 3 N–H and O–H groups in total. The summed E-state index contributed by atoms with van der Waals surface area (Å²) in [6.07, 6.45) is 0. The molecule has 2 heterocycles. The van der Waals surface area contributed by atoms with Gasteiger partial charge in [-0.05, 0) is 17.7 Å². The second-order valence-electron chi connectivity index (χ2n) is 6.10. The van der Waals surface area contributed by atoms with Crippen LogP contribution in [0.1, 0.15) is 5.56 Å². The first kappa shape index (κ1) is 15.8. The third-order valence-electron chi connectivity index (χ3n) is 4.32. The number of fused-ring (bicyclic) bond motifs is 1. The molecule has 1 atom stereocenters. The van der Waals surface area contributed by atoms with E-state index in [0.29, 0.717) is 26.3 Å². The number of carbonyl (C=O) groups is 1. The van der Waals surface area contributed by atoms with Gasteiger partial charge < -0.3 is 20.4 Å². The van der Waals surface area contributed by atoms with Crippen molar-refractivity contribution in [3.63, 3.8) is 0 Å². The van der Waals surface area contributed by atoms with Crippen LogP contribution in [0, 0.1) is 0 Å². The van der Waals surface area contributed by atoms with Gasteiger partial charge in [0.2, 0.25) is 5.91 Å². The van der Waals surface area contributed by atoms with Gasteiger partial charge in [-0.25, -0.2) is 4.98 Å². The molecule has 0 aliphatic carbocycles. The fourth-order valence-electron chi connectivity index (χ4n) is 2.92. The number of amides is 1. The summed E-state index contributed by atoms with van der Waals surface area (Å²) >= 11 is 0. The number of hydrogen-bond acceptors (Lipinski definition) is 4. The van der Waals surface area contributed by atoms with Crippen molar-refractivity contribution in [1.29, 1.82) is 0 Å². The van der Waals surface area contributed by atoms with Gasteiger partial charge in [0.15, 0.2) is 0 Å². The van der Waals surface area contributed by atoms with E-state index in [4.69, 9.17) is 4.74 Å². The maximum Gasteiger partial charge on any atom is 0.239 e. The third-order valence-corrected chi connectivity index (χ3v) is 4.32. The molecule has 1 amide bonds. The molecule has 4 rings (SSSR count). The van der Waals surface area contributed by atoms with Crippen LogP contribution in [-0.2, 0) is 16.1 Å². The summed E-state index contributed by atoms with van der Waals surface area (Å²) in [5, 5.41) is 6.09. The molecule has 1 fully saturated rings.